The van der Waals surface area contributed by atoms with E-state index in [1.54, 1.807) is 0 Å². The summed E-state index contributed by atoms with van der Waals surface area (Å²) in [6.45, 7) is 6.58. The van der Waals surface area contributed by atoms with Crippen molar-refractivity contribution in [3.05, 3.63) is 11.6 Å². The average molecular weight is 195 g/mol. The summed E-state index contributed by atoms with van der Waals surface area (Å²) in [4.78, 5) is 0. The average Bonchev–Trinajstić information content (AvgIpc) is 2.17. The van der Waals surface area contributed by atoms with Crippen LogP contribution in [0.15, 0.2) is 11.6 Å². The highest BCUT2D eigenvalue weighted by molar-refractivity contribution is 5.02. The molecule has 0 heterocycles. The Morgan fingerprint density at radius 2 is 1.86 bits per heavy atom. The quantitative estimate of drug-likeness (QED) is 0.685. The molecule has 1 heteroatoms. The molecule has 0 aliphatic heterocycles. The van der Waals surface area contributed by atoms with Crippen LogP contribution in [0.4, 0.5) is 0 Å². The smallest absolute Gasteiger partial charge is 0.0254 e. The van der Waals surface area contributed by atoms with Gasteiger partial charge in [0.15, 0.2) is 0 Å². The maximum atomic E-state index is 6.16. The Hall–Kier alpha value is -0.300. The van der Waals surface area contributed by atoms with Gasteiger partial charge in [-0.2, -0.15) is 0 Å². The Balaban J connectivity index is 2.37. The van der Waals surface area contributed by atoms with E-state index in [4.69, 9.17) is 5.73 Å². The molecular weight excluding hydrogens is 170 g/mol. The lowest BCUT2D eigenvalue weighted by Crippen LogP contribution is -2.31. The fourth-order valence-electron chi connectivity index (χ4n) is 2.50. The van der Waals surface area contributed by atoms with Crippen LogP contribution in [-0.2, 0) is 0 Å². The highest BCUT2D eigenvalue weighted by Gasteiger charge is 2.23. The van der Waals surface area contributed by atoms with Crippen molar-refractivity contribution in [1.82, 2.24) is 0 Å². The first-order valence-electron chi connectivity index (χ1n) is 6.04. The summed E-state index contributed by atoms with van der Waals surface area (Å²) in [5.41, 5.74) is 7.52. The van der Waals surface area contributed by atoms with E-state index in [2.05, 4.69) is 26.8 Å². The van der Waals surface area contributed by atoms with Gasteiger partial charge in [-0.25, -0.2) is 0 Å². The number of hydrogen-bond donors (Lipinski definition) is 1. The van der Waals surface area contributed by atoms with Crippen LogP contribution in [0.3, 0.4) is 0 Å². The Labute approximate surface area is 88.8 Å². The molecule has 1 nitrogen and oxygen atoms in total. The third kappa shape index (κ3) is 3.45. The van der Waals surface area contributed by atoms with Gasteiger partial charge in [-0.15, -0.1) is 0 Å². The van der Waals surface area contributed by atoms with E-state index in [9.17, 15) is 0 Å². The molecule has 2 N–H and O–H groups in total. The van der Waals surface area contributed by atoms with Crippen molar-refractivity contribution in [2.24, 2.45) is 17.6 Å². The van der Waals surface area contributed by atoms with Crippen molar-refractivity contribution in [3.63, 3.8) is 0 Å². The largest absolute Gasteiger partial charge is 0.324 e. The third-order valence-electron chi connectivity index (χ3n) is 3.54. The van der Waals surface area contributed by atoms with Crippen molar-refractivity contribution in [2.75, 3.05) is 0 Å². The summed E-state index contributed by atoms with van der Waals surface area (Å²) in [6, 6.07) is 0.304. The third-order valence-corrected chi connectivity index (χ3v) is 3.54. The fraction of sp³-hybridized carbons (Fsp3) is 0.846. The van der Waals surface area contributed by atoms with Gasteiger partial charge >= 0.3 is 0 Å². The molecule has 1 saturated carbocycles. The molecule has 1 fully saturated rings. The van der Waals surface area contributed by atoms with Gasteiger partial charge in [0, 0.05) is 6.04 Å². The molecular formula is C13H25N. The second-order valence-corrected chi connectivity index (χ2v) is 5.01. The van der Waals surface area contributed by atoms with Crippen LogP contribution in [0.1, 0.15) is 52.9 Å². The molecule has 0 aromatic rings. The zero-order chi connectivity index (χ0) is 10.6. The van der Waals surface area contributed by atoms with Gasteiger partial charge in [0.05, 0.1) is 0 Å². The van der Waals surface area contributed by atoms with Gasteiger partial charge in [-0.3, -0.25) is 0 Å². The first kappa shape index (κ1) is 11.8. The summed E-state index contributed by atoms with van der Waals surface area (Å²) < 4.78 is 0. The molecule has 0 saturated heterocycles. The second kappa shape index (κ2) is 5.55. The van der Waals surface area contributed by atoms with E-state index in [1.165, 1.54) is 37.7 Å². The molecule has 0 aromatic carbocycles. The predicted octanol–water partition coefficient (Wildman–Crippen LogP) is 3.50. The lowest BCUT2D eigenvalue weighted by atomic mass is 9.77. The van der Waals surface area contributed by atoms with E-state index in [0.717, 1.165) is 11.8 Å². The second-order valence-electron chi connectivity index (χ2n) is 5.01. The molecule has 0 amide bonds. The highest BCUT2D eigenvalue weighted by Crippen LogP contribution is 2.32. The standard InChI is InChI=1S/C13H25N/c1-4-11-5-7-12(8-6-11)13(14)9-10(2)3/h9,11-13H,4-8,14H2,1-3H3. The Bertz CT molecular complexity index is 183. The van der Waals surface area contributed by atoms with E-state index in [0.29, 0.717) is 6.04 Å². The van der Waals surface area contributed by atoms with Crippen LogP contribution >= 0.6 is 0 Å². The minimum Gasteiger partial charge on any atom is -0.324 e. The number of rotatable bonds is 3. The van der Waals surface area contributed by atoms with Gasteiger partial charge in [0.1, 0.15) is 0 Å². The maximum absolute atomic E-state index is 6.16. The zero-order valence-corrected chi connectivity index (χ0v) is 9.92. The predicted molar refractivity (Wildman–Crippen MR) is 63.1 cm³/mol. The molecule has 1 atom stereocenters. The Kier molecular flexibility index (Phi) is 4.67. The van der Waals surface area contributed by atoms with Crippen LogP contribution in [0.2, 0.25) is 0 Å². The lowest BCUT2D eigenvalue weighted by molar-refractivity contribution is 0.254. The van der Waals surface area contributed by atoms with E-state index < -0.39 is 0 Å². The minimum atomic E-state index is 0.304. The van der Waals surface area contributed by atoms with Crippen molar-refractivity contribution < 1.29 is 0 Å². The van der Waals surface area contributed by atoms with Crippen LogP contribution in [0.5, 0.6) is 0 Å². The Morgan fingerprint density at radius 3 is 2.29 bits per heavy atom. The van der Waals surface area contributed by atoms with Gasteiger partial charge in [0.25, 0.3) is 0 Å². The molecule has 1 aliphatic rings. The summed E-state index contributed by atoms with van der Waals surface area (Å²) >= 11 is 0. The minimum absolute atomic E-state index is 0.304. The molecule has 14 heavy (non-hydrogen) atoms. The maximum Gasteiger partial charge on any atom is 0.0254 e. The van der Waals surface area contributed by atoms with Crippen LogP contribution in [0.25, 0.3) is 0 Å². The van der Waals surface area contributed by atoms with Crippen molar-refractivity contribution in [2.45, 2.75) is 58.9 Å². The van der Waals surface area contributed by atoms with Crippen LogP contribution in [0, 0.1) is 11.8 Å². The first-order valence-corrected chi connectivity index (χ1v) is 6.04. The molecule has 0 spiro atoms. The SMILES string of the molecule is CCC1CCC(C(N)C=C(C)C)CC1. The summed E-state index contributed by atoms with van der Waals surface area (Å²) in [5, 5.41) is 0. The van der Waals surface area contributed by atoms with Gasteiger partial charge in [0.2, 0.25) is 0 Å². The lowest BCUT2D eigenvalue weighted by Gasteiger charge is -2.30. The molecule has 0 bridgehead atoms. The number of nitrogens with two attached hydrogens (primary N) is 1. The van der Waals surface area contributed by atoms with E-state index in [1.807, 2.05) is 0 Å². The van der Waals surface area contributed by atoms with Crippen molar-refractivity contribution >= 4 is 0 Å². The van der Waals surface area contributed by atoms with Gasteiger partial charge < -0.3 is 5.73 Å². The van der Waals surface area contributed by atoms with Crippen LogP contribution < -0.4 is 5.73 Å². The molecule has 0 radical (unpaired) electrons. The summed E-state index contributed by atoms with van der Waals surface area (Å²) in [7, 11) is 0. The normalized spacial score (nSPS) is 29.7. The molecule has 1 unspecified atom stereocenters. The highest BCUT2D eigenvalue weighted by atomic mass is 14.6. The van der Waals surface area contributed by atoms with Gasteiger partial charge in [-0.1, -0.05) is 37.8 Å². The Morgan fingerprint density at radius 1 is 1.29 bits per heavy atom. The number of allylic oxidation sites excluding steroid dienone is 1. The molecule has 82 valence electrons. The molecule has 1 aliphatic carbocycles. The zero-order valence-electron chi connectivity index (χ0n) is 9.92. The molecule has 0 aromatic heterocycles. The first-order chi connectivity index (χ1) is 6.63. The summed E-state index contributed by atoms with van der Waals surface area (Å²) in [6.07, 6.45) is 9.05. The van der Waals surface area contributed by atoms with E-state index >= 15 is 0 Å². The van der Waals surface area contributed by atoms with Crippen molar-refractivity contribution in [1.29, 1.82) is 0 Å². The summed E-state index contributed by atoms with van der Waals surface area (Å²) in [5.74, 6) is 1.72. The van der Waals surface area contributed by atoms with Crippen LogP contribution in [-0.4, -0.2) is 6.04 Å². The van der Waals surface area contributed by atoms with E-state index in [-0.39, 0.29) is 0 Å². The number of hydrogen-bond acceptors (Lipinski definition) is 1. The fourth-order valence-corrected chi connectivity index (χ4v) is 2.50. The molecule has 1 rings (SSSR count). The topological polar surface area (TPSA) is 26.0 Å². The monoisotopic (exact) mass is 195 g/mol. The van der Waals surface area contributed by atoms with Crippen molar-refractivity contribution in [3.8, 4) is 0 Å². The van der Waals surface area contributed by atoms with Gasteiger partial charge in [-0.05, 0) is 38.5 Å².